The van der Waals surface area contributed by atoms with Crippen molar-refractivity contribution in [3.8, 4) is 0 Å². The third kappa shape index (κ3) is 2.71. The van der Waals surface area contributed by atoms with Crippen LogP contribution in [0.5, 0.6) is 0 Å². The van der Waals surface area contributed by atoms with Gasteiger partial charge in [-0.2, -0.15) is 0 Å². The highest BCUT2D eigenvalue weighted by Crippen LogP contribution is 2.01. The zero-order valence-corrected chi connectivity index (χ0v) is 9.43. The van der Waals surface area contributed by atoms with E-state index in [1.165, 1.54) is 0 Å². The topological polar surface area (TPSA) is 73.4 Å². The van der Waals surface area contributed by atoms with Gasteiger partial charge >= 0.3 is 16.5 Å². The molecule has 1 rings (SSSR count). The van der Waals surface area contributed by atoms with Crippen LogP contribution in [0.1, 0.15) is 0 Å². The molecule has 0 bridgehead atoms. The van der Waals surface area contributed by atoms with E-state index in [0.29, 0.717) is 13.1 Å². The Morgan fingerprint density at radius 3 is 2.18 bits per heavy atom. The quantitative estimate of drug-likeness (QED) is 0.471. The first kappa shape index (κ1) is 9.45. The lowest BCUT2D eigenvalue weighted by Crippen LogP contribution is -2.49. The van der Waals surface area contributed by atoms with E-state index in [9.17, 15) is 4.21 Å². The van der Waals surface area contributed by atoms with Gasteiger partial charge in [0.25, 0.3) is 0 Å². The zero-order chi connectivity index (χ0) is 8.48. The molecule has 1 atom stereocenters. The van der Waals surface area contributed by atoms with Crippen molar-refractivity contribution in [1.29, 1.82) is 4.78 Å². The van der Waals surface area contributed by atoms with E-state index in [1.54, 1.807) is 4.31 Å². The van der Waals surface area contributed by atoms with Crippen molar-refractivity contribution in [3.05, 3.63) is 0 Å². The largest absolute Gasteiger partial charge is 0.388 e. The second-order valence-corrected chi connectivity index (χ2v) is 5.72. The molecule has 0 radical (unpaired) electrons. The molecule has 0 amide bonds. The fourth-order valence-electron chi connectivity index (χ4n) is 1.06. The molecule has 0 aliphatic carbocycles. The molecule has 0 spiro atoms. The molecule has 1 heterocycles. The second kappa shape index (κ2) is 3.39. The summed E-state index contributed by atoms with van der Waals surface area (Å²) >= 11 is 1.04. The summed E-state index contributed by atoms with van der Waals surface area (Å²) in [5.74, 6) is 0. The summed E-state index contributed by atoms with van der Waals surface area (Å²) < 4.78 is 21.9. The molecule has 0 aromatic carbocycles. The van der Waals surface area contributed by atoms with E-state index in [4.69, 9.17) is 9.92 Å². The summed E-state index contributed by atoms with van der Waals surface area (Å²) in [5, 5.41) is 5.17. The molecule has 5 nitrogen and oxygen atoms in total. The van der Waals surface area contributed by atoms with Gasteiger partial charge in [-0.3, -0.25) is 0 Å². The minimum Gasteiger partial charge on any atom is -0.388 e. The fourth-order valence-corrected chi connectivity index (χ4v) is 2.17. The summed E-state index contributed by atoms with van der Waals surface area (Å²) in [6.45, 7) is 3.14. The van der Waals surface area contributed by atoms with Crippen LogP contribution in [0.15, 0.2) is 0 Å². The average molecular weight is 192 g/mol. The van der Waals surface area contributed by atoms with Gasteiger partial charge in [0.05, 0.1) is 0 Å². The predicted octanol–water partition coefficient (Wildman–Crippen LogP) is -2.01. The van der Waals surface area contributed by atoms with Crippen LogP contribution in [0.25, 0.3) is 0 Å². The number of hydrogen-bond acceptors (Lipinski definition) is 3. The highest BCUT2D eigenvalue weighted by Gasteiger charge is 2.18. The van der Waals surface area contributed by atoms with E-state index in [0.717, 1.165) is 29.6 Å². The Labute approximate surface area is 75.4 Å². The molecule has 1 fully saturated rings. The maximum Gasteiger partial charge on any atom is 0.321 e. The van der Waals surface area contributed by atoms with Crippen molar-refractivity contribution in [2.45, 2.75) is 0 Å². The van der Waals surface area contributed by atoms with Crippen molar-refractivity contribution in [2.75, 3.05) is 26.2 Å². The Morgan fingerprint density at radius 1 is 1.36 bits per heavy atom. The summed E-state index contributed by atoms with van der Waals surface area (Å²) in [4.78, 5) is 0. The average Bonchev–Trinajstić information content (AvgIpc) is 1.86. The molecule has 7 heteroatoms. The molecule has 3 N–H and O–H groups in total. The molecule has 0 aromatic rings. The van der Waals surface area contributed by atoms with Gasteiger partial charge in [-0.25, -0.2) is 18.4 Å². The number of hydrogen-bond donors (Lipinski definition) is 2. The second-order valence-electron chi connectivity index (χ2n) is 2.80. The maximum atomic E-state index is 11.0. The molecular formula is C4H13AlN4OS. The number of piperazine rings is 1. The molecule has 1 saturated heterocycles. The van der Waals surface area contributed by atoms with Crippen LogP contribution < -0.4 is 5.14 Å². The van der Waals surface area contributed by atoms with Crippen LogP contribution in [0.4, 0.5) is 0 Å². The van der Waals surface area contributed by atoms with Gasteiger partial charge in [-0.15, -0.1) is 0 Å². The smallest absolute Gasteiger partial charge is 0.321 e. The highest BCUT2D eigenvalue weighted by atomic mass is 32.2. The lowest BCUT2D eigenvalue weighted by molar-refractivity contribution is 0.288. The molecule has 64 valence electrons. The van der Waals surface area contributed by atoms with Crippen molar-refractivity contribution < 1.29 is 4.21 Å². The first-order valence-electron chi connectivity index (χ1n) is 3.50. The molecule has 0 saturated carbocycles. The van der Waals surface area contributed by atoms with Crippen molar-refractivity contribution >= 4 is 26.6 Å². The number of nitrogens with one attached hydrogen (secondary N) is 1. The molecule has 0 aromatic heterocycles. The van der Waals surface area contributed by atoms with Gasteiger partial charge < -0.3 is 3.88 Å². The van der Waals surface area contributed by atoms with Crippen LogP contribution in [0.3, 0.4) is 0 Å². The zero-order valence-electron chi connectivity index (χ0n) is 6.62. The van der Waals surface area contributed by atoms with Crippen LogP contribution in [-0.2, 0) is 10.1 Å². The Hall–Kier alpha value is 0.362. The number of nitrogens with zero attached hydrogens (tertiary/aromatic N) is 2. The predicted molar refractivity (Wildman–Crippen MR) is 46.7 cm³/mol. The summed E-state index contributed by atoms with van der Waals surface area (Å²) in [6.07, 6.45) is 0. The van der Waals surface area contributed by atoms with E-state index >= 15 is 0 Å². The molecule has 1 aliphatic heterocycles. The standard InChI is InChI=1S/C4H11N4OS.Al.2H/c5-10(6,9)8-3-1-7-2-4-8;;;/h1-4H2,(H3,5,6,9);;;/q-1;+1;;. The van der Waals surface area contributed by atoms with Crippen LogP contribution in [-0.4, -0.2) is 55.1 Å². The maximum absolute atomic E-state index is 11.0. The van der Waals surface area contributed by atoms with Crippen LogP contribution in [0.2, 0.25) is 0 Å². The normalized spacial score (nSPS) is 28.1. The third-order valence-corrected chi connectivity index (χ3v) is 3.87. The Bertz CT molecular complexity index is 220. The SMILES string of the molecule is N=S(N)(=O)N1CC[N]([AlH2])CC1. The van der Waals surface area contributed by atoms with Crippen molar-refractivity contribution in [1.82, 2.24) is 8.19 Å². The van der Waals surface area contributed by atoms with Crippen LogP contribution in [0, 0.1) is 4.78 Å². The van der Waals surface area contributed by atoms with Gasteiger partial charge in [-0.05, 0) is 13.1 Å². The van der Waals surface area contributed by atoms with Gasteiger partial charge in [0, 0.05) is 13.1 Å². The summed E-state index contributed by atoms with van der Waals surface area (Å²) in [6, 6.07) is 0. The van der Waals surface area contributed by atoms with Crippen molar-refractivity contribution in [2.24, 2.45) is 5.14 Å². The Morgan fingerprint density at radius 2 is 1.82 bits per heavy atom. The van der Waals surface area contributed by atoms with Crippen molar-refractivity contribution in [3.63, 3.8) is 0 Å². The summed E-state index contributed by atoms with van der Waals surface area (Å²) in [5.41, 5.74) is 0. The number of nitrogens with two attached hydrogens (primary N) is 1. The van der Waals surface area contributed by atoms with Crippen LogP contribution >= 0.6 is 0 Å². The van der Waals surface area contributed by atoms with E-state index < -0.39 is 10.1 Å². The highest BCUT2D eigenvalue weighted by molar-refractivity contribution is 7.87. The Kier molecular flexibility index (Phi) is 2.91. The minimum absolute atomic E-state index is 0.669. The number of rotatable bonds is 1. The Balaban J connectivity index is 2.53. The van der Waals surface area contributed by atoms with Gasteiger partial charge in [0.2, 0.25) is 0 Å². The van der Waals surface area contributed by atoms with E-state index in [2.05, 4.69) is 3.88 Å². The molecule has 1 aliphatic rings. The van der Waals surface area contributed by atoms with E-state index in [-0.39, 0.29) is 0 Å². The molecule has 11 heavy (non-hydrogen) atoms. The minimum atomic E-state index is -2.93. The lowest BCUT2D eigenvalue weighted by atomic mass is 10.4. The lowest BCUT2D eigenvalue weighted by Gasteiger charge is -2.32. The van der Waals surface area contributed by atoms with Gasteiger partial charge in [-0.1, -0.05) is 0 Å². The molecule has 1 unspecified atom stereocenters. The third-order valence-electron chi connectivity index (χ3n) is 1.85. The van der Waals surface area contributed by atoms with E-state index in [1.807, 2.05) is 0 Å². The fraction of sp³-hybridized carbons (Fsp3) is 1.00. The molecular weight excluding hydrogens is 179 g/mol. The van der Waals surface area contributed by atoms with Gasteiger partial charge in [0.15, 0.2) is 10.1 Å². The summed E-state index contributed by atoms with van der Waals surface area (Å²) in [7, 11) is -2.93. The van der Waals surface area contributed by atoms with Gasteiger partial charge in [0.1, 0.15) is 0 Å². The first-order chi connectivity index (χ1) is 5.00. The first-order valence-corrected chi connectivity index (χ1v) is 5.97. The monoisotopic (exact) mass is 192 g/mol.